The van der Waals surface area contributed by atoms with Crippen molar-refractivity contribution in [3.63, 3.8) is 0 Å². The molecule has 94 valence electrons. The number of hydrogen-bond acceptors (Lipinski definition) is 3. The van der Waals surface area contributed by atoms with Crippen LogP contribution in [0.25, 0.3) is 0 Å². The number of aryl methyl sites for hydroxylation is 2. The van der Waals surface area contributed by atoms with Crippen LogP contribution in [0.4, 0.5) is 0 Å². The van der Waals surface area contributed by atoms with E-state index in [0.29, 0.717) is 6.42 Å². The summed E-state index contributed by atoms with van der Waals surface area (Å²) in [7, 11) is 0. The lowest BCUT2D eigenvalue weighted by Gasteiger charge is -2.13. The molecule has 0 aromatic carbocycles. The molecular formula is C13H20N2OS. The second-order valence-corrected chi connectivity index (χ2v) is 5.23. The van der Waals surface area contributed by atoms with E-state index in [1.807, 2.05) is 26.0 Å². The minimum atomic E-state index is 0.0464. The maximum absolute atomic E-state index is 11.7. The predicted octanol–water partition coefficient (Wildman–Crippen LogP) is 3.29. The monoisotopic (exact) mass is 252 g/mol. The number of nitrogens with zero attached hydrogens (tertiary/aromatic N) is 1. The van der Waals surface area contributed by atoms with Crippen molar-refractivity contribution in [2.75, 3.05) is 0 Å². The van der Waals surface area contributed by atoms with Gasteiger partial charge in [-0.1, -0.05) is 19.1 Å². The van der Waals surface area contributed by atoms with Crippen molar-refractivity contribution in [2.24, 2.45) is 0 Å². The van der Waals surface area contributed by atoms with E-state index in [9.17, 15) is 4.79 Å². The zero-order valence-electron chi connectivity index (χ0n) is 10.9. The summed E-state index contributed by atoms with van der Waals surface area (Å²) in [4.78, 5) is 17.4. The van der Waals surface area contributed by atoms with Crippen molar-refractivity contribution in [3.05, 3.63) is 27.7 Å². The van der Waals surface area contributed by atoms with Crippen molar-refractivity contribution >= 4 is 17.2 Å². The summed E-state index contributed by atoms with van der Waals surface area (Å²) in [5.74, 6) is 0.0560. The highest BCUT2D eigenvalue weighted by atomic mass is 32.1. The zero-order chi connectivity index (χ0) is 12.8. The fourth-order valence-corrected chi connectivity index (χ4v) is 2.52. The highest BCUT2D eigenvalue weighted by molar-refractivity contribution is 7.11. The number of nitrogens with one attached hydrogen (secondary N) is 1. The van der Waals surface area contributed by atoms with Crippen molar-refractivity contribution in [1.82, 2.24) is 10.3 Å². The number of allylic oxidation sites excluding steroid dienone is 1. The van der Waals surface area contributed by atoms with Gasteiger partial charge in [-0.15, -0.1) is 11.3 Å². The molecule has 0 saturated heterocycles. The summed E-state index contributed by atoms with van der Waals surface area (Å²) in [6.07, 6.45) is 5.06. The molecule has 0 aliphatic carbocycles. The maximum Gasteiger partial charge on any atom is 0.224 e. The van der Waals surface area contributed by atoms with E-state index in [1.165, 1.54) is 4.88 Å². The molecule has 1 heterocycles. The maximum atomic E-state index is 11.7. The highest BCUT2D eigenvalue weighted by Crippen LogP contribution is 2.24. The van der Waals surface area contributed by atoms with Crippen molar-refractivity contribution in [1.29, 1.82) is 0 Å². The second kappa shape index (κ2) is 6.55. The molecule has 0 bridgehead atoms. The highest BCUT2D eigenvalue weighted by Gasteiger charge is 2.16. The lowest BCUT2D eigenvalue weighted by Crippen LogP contribution is -2.27. The van der Waals surface area contributed by atoms with Crippen LogP contribution >= 0.6 is 11.3 Å². The molecule has 17 heavy (non-hydrogen) atoms. The van der Waals surface area contributed by atoms with Gasteiger partial charge in [-0.25, -0.2) is 4.98 Å². The van der Waals surface area contributed by atoms with E-state index in [4.69, 9.17) is 0 Å². The Labute approximate surface area is 107 Å². The van der Waals surface area contributed by atoms with Crippen LogP contribution in [-0.2, 0) is 4.79 Å². The van der Waals surface area contributed by atoms with Gasteiger partial charge in [0.05, 0.1) is 11.7 Å². The summed E-state index contributed by atoms with van der Waals surface area (Å²) in [5, 5.41) is 4.03. The Hall–Kier alpha value is -1.16. The summed E-state index contributed by atoms with van der Waals surface area (Å²) in [5.41, 5.74) is 1.06. The van der Waals surface area contributed by atoms with Crippen LogP contribution in [-0.4, -0.2) is 10.9 Å². The fourth-order valence-electron chi connectivity index (χ4n) is 1.46. The largest absolute Gasteiger partial charge is 0.347 e. The van der Waals surface area contributed by atoms with Crippen LogP contribution in [0.15, 0.2) is 12.2 Å². The van der Waals surface area contributed by atoms with Gasteiger partial charge in [-0.2, -0.15) is 0 Å². The quantitative estimate of drug-likeness (QED) is 0.817. The molecule has 0 radical (unpaired) electrons. The normalized spacial score (nSPS) is 12.9. The Balaban J connectivity index is 2.68. The molecule has 1 N–H and O–H groups in total. The van der Waals surface area contributed by atoms with Gasteiger partial charge in [-0.05, 0) is 27.2 Å². The Bertz CT molecular complexity index is 390. The minimum absolute atomic E-state index is 0.0464. The number of amides is 1. The first kappa shape index (κ1) is 13.9. The molecule has 3 nitrogen and oxygen atoms in total. The van der Waals surface area contributed by atoms with Crippen molar-refractivity contribution in [3.8, 4) is 0 Å². The SMILES string of the molecule is C/C=C/CC(=O)NC(CC)c1nc(C)c(C)s1. The summed E-state index contributed by atoms with van der Waals surface area (Å²) in [6.45, 7) is 8.04. The Morgan fingerprint density at radius 1 is 1.53 bits per heavy atom. The number of carbonyl (C=O) groups excluding carboxylic acids is 1. The smallest absolute Gasteiger partial charge is 0.224 e. The lowest BCUT2D eigenvalue weighted by atomic mass is 10.2. The van der Waals surface area contributed by atoms with Gasteiger partial charge in [-0.3, -0.25) is 4.79 Å². The first-order valence-electron chi connectivity index (χ1n) is 5.92. The predicted molar refractivity (Wildman–Crippen MR) is 72.2 cm³/mol. The van der Waals surface area contributed by atoms with Gasteiger partial charge in [0, 0.05) is 11.3 Å². The molecule has 1 atom stereocenters. The lowest BCUT2D eigenvalue weighted by molar-refractivity contribution is -0.121. The van der Waals surface area contributed by atoms with E-state index >= 15 is 0 Å². The fraction of sp³-hybridized carbons (Fsp3) is 0.538. The standard InChI is InChI=1S/C13H20N2OS/c1-5-7-8-12(16)15-11(6-2)13-14-9(3)10(4)17-13/h5,7,11H,6,8H2,1-4H3,(H,15,16)/b7-5+. The summed E-state index contributed by atoms with van der Waals surface area (Å²) in [6, 6.07) is 0.0464. The molecule has 0 saturated carbocycles. The van der Waals surface area contributed by atoms with Crippen LogP contribution in [0.3, 0.4) is 0 Å². The van der Waals surface area contributed by atoms with Crippen molar-refractivity contribution in [2.45, 2.75) is 46.6 Å². The first-order chi connectivity index (χ1) is 8.08. The molecule has 1 unspecified atom stereocenters. The van der Waals surface area contributed by atoms with Gasteiger partial charge in [0.1, 0.15) is 5.01 Å². The Morgan fingerprint density at radius 2 is 2.24 bits per heavy atom. The van der Waals surface area contributed by atoms with E-state index in [1.54, 1.807) is 11.3 Å². The second-order valence-electron chi connectivity index (χ2n) is 4.00. The number of thiazole rings is 1. The van der Waals surface area contributed by atoms with E-state index in [0.717, 1.165) is 17.1 Å². The van der Waals surface area contributed by atoms with E-state index in [-0.39, 0.29) is 11.9 Å². The third-order valence-electron chi connectivity index (χ3n) is 2.63. The number of hydrogen-bond donors (Lipinski definition) is 1. The van der Waals surface area contributed by atoms with Crippen LogP contribution < -0.4 is 5.32 Å². The zero-order valence-corrected chi connectivity index (χ0v) is 11.7. The van der Waals surface area contributed by atoms with Gasteiger partial charge in [0.25, 0.3) is 0 Å². The van der Waals surface area contributed by atoms with Crippen LogP contribution in [0, 0.1) is 13.8 Å². The molecular weight excluding hydrogens is 232 g/mol. The molecule has 0 aliphatic rings. The van der Waals surface area contributed by atoms with Gasteiger partial charge >= 0.3 is 0 Å². The Morgan fingerprint density at radius 3 is 2.71 bits per heavy atom. The molecule has 1 aromatic rings. The Kier molecular flexibility index (Phi) is 5.35. The van der Waals surface area contributed by atoms with Crippen molar-refractivity contribution < 1.29 is 4.79 Å². The van der Waals surface area contributed by atoms with Gasteiger partial charge in [0.15, 0.2) is 0 Å². The minimum Gasteiger partial charge on any atom is -0.347 e. The number of aromatic nitrogens is 1. The van der Waals surface area contributed by atoms with Crippen LogP contribution in [0.1, 0.15) is 48.3 Å². The van der Waals surface area contributed by atoms with Crippen LogP contribution in [0.2, 0.25) is 0 Å². The van der Waals surface area contributed by atoms with E-state index < -0.39 is 0 Å². The van der Waals surface area contributed by atoms with Gasteiger partial charge < -0.3 is 5.32 Å². The third-order valence-corrected chi connectivity index (χ3v) is 3.81. The van der Waals surface area contributed by atoms with Crippen LogP contribution in [0.5, 0.6) is 0 Å². The molecule has 1 rings (SSSR count). The molecule has 1 aromatic heterocycles. The average molecular weight is 252 g/mol. The number of rotatable bonds is 5. The number of carbonyl (C=O) groups is 1. The third kappa shape index (κ3) is 3.97. The van der Waals surface area contributed by atoms with E-state index in [2.05, 4.69) is 24.1 Å². The summed E-state index contributed by atoms with van der Waals surface area (Å²) < 4.78 is 0. The molecule has 4 heteroatoms. The molecule has 0 fully saturated rings. The summed E-state index contributed by atoms with van der Waals surface area (Å²) >= 11 is 1.67. The molecule has 0 aliphatic heterocycles. The first-order valence-corrected chi connectivity index (χ1v) is 6.74. The molecule has 1 amide bonds. The topological polar surface area (TPSA) is 42.0 Å². The molecule has 0 spiro atoms. The average Bonchev–Trinajstić information content (AvgIpc) is 2.63. The van der Waals surface area contributed by atoms with Gasteiger partial charge in [0.2, 0.25) is 5.91 Å².